The lowest BCUT2D eigenvalue weighted by molar-refractivity contribution is -0.158. The topological polar surface area (TPSA) is 35.5 Å². The van der Waals surface area contributed by atoms with Crippen LogP contribution in [0.25, 0.3) is 0 Å². The summed E-state index contributed by atoms with van der Waals surface area (Å²) in [7, 11) is 0. The van der Waals surface area contributed by atoms with Crippen LogP contribution in [0.4, 0.5) is 0 Å². The van der Waals surface area contributed by atoms with Crippen molar-refractivity contribution >= 4 is 17.6 Å². The van der Waals surface area contributed by atoms with Gasteiger partial charge in [0.15, 0.2) is 6.10 Å². The predicted molar refractivity (Wildman–Crippen MR) is 99.3 cm³/mol. The minimum absolute atomic E-state index is 0.257. The highest BCUT2D eigenvalue weighted by atomic mass is 35.5. The molecular weight excluding hydrogens is 324 g/mol. The van der Waals surface area contributed by atoms with E-state index in [1.165, 1.54) is 12.8 Å². The van der Waals surface area contributed by atoms with E-state index < -0.39 is 6.10 Å². The van der Waals surface area contributed by atoms with Gasteiger partial charge in [-0.05, 0) is 48.9 Å². The SMILES string of the molecule is CCC(OCc1ccc(Cl)cc1C)C(=O)OCCCCCC(C)C. The third-order valence-corrected chi connectivity index (χ3v) is 4.28. The Morgan fingerprint density at radius 2 is 1.96 bits per heavy atom. The Kier molecular flexibility index (Phi) is 10.0. The average molecular weight is 355 g/mol. The van der Waals surface area contributed by atoms with Crippen molar-refractivity contribution in [2.75, 3.05) is 6.61 Å². The first-order chi connectivity index (χ1) is 11.4. The summed E-state index contributed by atoms with van der Waals surface area (Å²) in [5.41, 5.74) is 2.11. The quantitative estimate of drug-likeness (QED) is 0.377. The minimum atomic E-state index is -0.504. The van der Waals surface area contributed by atoms with Crippen molar-refractivity contribution in [1.82, 2.24) is 0 Å². The second-order valence-corrected chi connectivity index (χ2v) is 7.13. The highest BCUT2D eigenvalue weighted by molar-refractivity contribution is 6.30. The Morgan fingerprint density at radius 1 is 1.21 bits per heavy atom. The Balaban J connectivity index is 2.30. The van der Waals surface area contributed by atoms with Gasteiger partial charge in [-0.2, -0.15) is 0 Å². The minimum Gasteiger partial charge on any atom is -0.464 e. The maximum absolute atomic E-state index is 12.1. The van der Waals surface area contributed by atoms with E-state index in [0.29, 0.717) is 24.7 Å². The number of carbonyl (C=O) groups is 1. The highest BCUT2D eigenvalue weighted by Crippen LogP contribution is 2.17. The molecule has 1 rings (SSSR count). The standard InChI is InChI=1S/C20H31ClO3/c1-5-19(20(22)23-12-8-6-7-9-15(2)3)24-14-17-10-11-18(21)13-16(17)4/h10-11,13,15,19H,5-9,12,14H2,1-4H3. The summed E-state index contributed by atoms with van der Waals surface area (Å²) < 4.78 is 11.1. The second kappa shape index (κ2) is 11.5. The Bertz CT molecular complexity index is 500. The molecule has 0 aromatic heterocycles. The van der Waals surface area contributed by atoms with Crippen LogP contribution in [0.1, 0.15) is 64.0 Å². The van der Waals surface area contributed by atoms with E-state index in [4.69, 9.17) is 21.1 Å². The van der Waals surface area contributed by atoms with Crippen molar-refractivity contribution in [3.8, 4) is 0 Å². The highest BCUT2D eigenvalue weighted by Gasteiger charge is 2.19. The lowest BCUT2D eigenvalue weighted by Gasteiger charge is -2.16. The molecule has 0 aliphatic carbocycles. The van der Waals surface area contributed by atoms with E-state index >= 15 is 0 Å². The summed E-state index contributed by atoms with van der Waals surface area (Å²) in [6, 6.07) is 5.67. The number of benzene rings is 1. The Hall–Kier alpha value is -1.06. The molecule has 3 nitrogen and oxygen atoms in total. The van der Waals surface area contributed by atoms with E-state index in [1.807, 2.05) is 32.0 Å². The molecule has 0 radical (unpaired) electrons. The molecule has 0 N–H and O–H groups in total. The molecule has 0 saturated heterocycles. The van der Waals surface area contributed by atoms with Gasteiger partial charge in [0.2, 0.25) is 0 Å². The number of ether oxygens (including phenoxy) is 2. The number of hydrogen-bond donors (Lipinski definition) is 0. The third-order valence-electron chi connectivity index (χ3n) is 4.05. The fourth-order valence-corrected chi connectivity index (χ4v) is 2.69. The molecule has 0 bridgehead atoms. The van der Waals surface area contributed by atoms with Gasteiger partial charge in [-0.1, -0.05) is 57.7 Å². The molecule has 0 aliphatic heterocycles. The van der Waals surface area contributed by atoms with Gasteiger partial charge in [0.25, 0.3) is 0 Å². The molecule has 136 valence electrons. The molecule has 0 aliphatic rings. The zero-order chi connectivity index (χ0) is 17.9. The third kappa shape index (κ3) is 8.16. The zero-order valence-corrected chi connectivity index (χ0v) is 16.2. The van der Waals surface area contributed by atoms with E-state index in [1.54, 1.807) is 0 Å². The van der Waals surface area contributed by atoms with E-state index in [0.717, 1.165) is 29.9 Å². The molecule has 1 atom stereocenters. The summed E-state index contributed by atoms with van der Waals surface area (Å²) in [5.74, 6) is 0.481. The summed E-state index contributed by atoms with van der Waals surface area (Å²) in [5, 5.41) is 0.708. The predicted octanol–water partition coefficient (Wildman–Crippen LogP) is 5.70. The molecule has 4 heteroatoms. The van der Waals surface area contributed by atoms with Crippen molar-refractivity contribution in [3.05, 3.63) is 34.3 Å². The number of aryl methyl sites for hydroxylation is 1. The number of rotatable bonds is 11. The van der Waals surface area contributed by atoms with Crippen LogP contribution < -0.4 is 0 Å². The van der Waals surface area contributed by atoms with Crippen LogP contribution >= 0.6 is 11.6 Å². The summed E-state index contributed by atoms with van der Waals surface area (Å²) in [6.45, 7) is 9.25. The zero-order valence-electron chi connectivity index (χ0n) is 15.4. The molecule has 0 fully saturated rings. The molecule has 0 heterocycles. The van der Waals surface area contributed by atoms with Crippen molar-refractivity contribution in [3.63, 3.8) is 0 Å². The first kappa shape index (κ1) is 21.0. The molecule has 0 amide bonds. The number of hydrogen-bond acceptors (Lipinski definition) is 3. The first-order valence-corrected chi connectivity index (χ1v) is 9.35. The van der Waals surface area contributed by atoms with E-state index in [9.17, 15) is 4.79 Å². The number of unbranched alkanes of at least 4 members (excludes halogenated alkanes) is 2. The number of esters is 1. The van der Waals surface area contributed by atoms with Crippen molar-refractivity contribution in [2.24, 2.45) is 5.92 Å². The Labute approximate surface area is 151 Å². The van der Waals surface area contributed by atoms with Gasteiger partial charge in [-0.15, -0.1) is 0 Å². The molecule has 24 heavy (non-hydrogen) atoms. The lowest BCUT2D eigenvalue weighted by atomic mass is 10.1. The first-order valence-electron chi connectivity index (χ1n) is 8.97. The molecule has 1 aromatic carbocycles. The smallest absolute Gasteiger partial charge is 0.335 e. The average Bonchev–Trinajstić information content (AvgIpc) is 2.52. The molecule has 0 spiro atoms. The van der Waals surface area contributed by atoms with Crippen LogP contribution in [0.15, 0.2) is 18.2 Å². The van der Waals surface area contributed by atoms with Crippen LogP contribution in [-0.4, -0.2) is 18.7 Å². The van der Waals surface area contributed by atoms with Crippen LogP contribution in [0.2, 0.25) is 5.02 Å². The normalized spacial score (nSPS) is 12.4. The lowest BCUT2D eigenvalue weighted by Crippen LogP contribution is -2.26. The summed E-state index contributed by atoms with van der Waals surface area (Å²) in [6.07, 6.45) is 4.56. The molecular formula is C20H31ClO3. The van der Waals surface area contributed by atoms with Crippen LogP contribution in [-0.2, 0) is 20.9 Å². The maximum atomic E-state index is 12.1. The summed E-state index contributed by atoms with van der Waals surface area (Å²) in [4.78, 5) is 12.1. The van der Waals surface area contributed by atoms with Gasteiger partial charge in [-0.3, -0.25) is 0 Å². The molecule has 1 unspecified atom stereocenters. The van der Waals surface area contributed by atoms with Gasteiger partial charge >= 0.3 is 5.97 Å². The number of halogens is 1. The van der Waals surface area contributed by atoms with Crippen molar-refractivity contribution in [1.29, 1.82) is 0 Å². The second-order valence-electron chi connectivity index (χ2n) is 6.69. The van der Waals surface area contributed by atoms with Gasteiger partial charge in [0, 0.05) is 5.02 Å². The summed E-state index contributed by atoms with van der Waals surface area (Å²) >= 11 is 5.95. The van der Waals surface area contributed by atoms with Gasteiger partial charge in [0.05, 0.1) is 13.2 Å². The molecule has 1 aromatic rings. The van der Waals surface area contributed by atoms with Crippen molar-refractivity contribution in [2.45, 2.75) is 72.5 Å². The van der Waals surface area contributed by atoms with Crippen molar-refractivity contribution < 1.29 is 14.3 Å². The molecule has 0 saturated carbocycles. The largest absolute Gasteiger partial charge is 0.464 e. The van der Waals surface area contributed by atoms with Crippen LogP contribution in [0.3, 0.4) is 0 Å². The Morgan fingerprint density at radius 3 is 2.58 bits per heavy atom. The van der Waals surface area contributed by atoms with Gasteiger partial charge < -0.3 is 9.47 Å². The monoisotopic (exact) mass is 354 g/mol. The number of carbonyl (C=O) groups excluding carboxylic acids is 1. The van der Waals surface area contributed by atoms with Crippen LogP contribution in [0, 0.1) is 12.8 Å². The fourth-order valence-electron chi connectivity index (χ4n) is 2.46. The van der Waals surface area contributed by atoms with Crippen LogP contribution in [0.5, 0.6) is 0 Å². The maximum Gasteiger partial charge on any atom is 0.335 e. The van der Waals surface area contributed by atoms with E-state index in [-0.39, 0.29) is 5.97 Å². The fraction of sp³-hybridized carbons (Fsp3) is 0.650. The van der Waals surface area contributed by atoms with E-state index in [2.05, 4.69) is 13.8 Å². The van der Waals surface area contributed by atoms with Gasteiger partial charge in [0.1, 0.15) is 0 Å². The van der Waals surface area contributed by atoms with Gasteiger partial charge in [-0.25, -0.2) is 4.79 Å².